The van der Waals surface area contributed by atoms with E-state index in [2.05, 4.69) is 31.3 Å². The first-order valence-electron chi connectivity index (χ1n) is 34.6. The van der Waals surface area contributed by atoms with E-state index in [-0.39, 0.29) is 18.5 Å². The molecule has 0 saturated heterocycles. The van der Waals surface area contributed by atoms with Crippen LogP contribution in [0.25, 0.3) is 0 Å². The highest BCUT2D eigenvalue weighted by Crippen LogP contribution is 2.19. The Hall–Kier alpha value is -1.66. The molecule has 0 spiro atoms. The topological polar surface area (TPSA) is 95.9 Å². The van der Waals surface area contributed by atoms with Crippen molar-refractivity contribution in [2.75, 3.05) is 13.2 Å². The number of unbranched alkanes of at least 4 members (excludes halogenated alkanes) is 52. The summed E-state index contributed by atoms with van der Waals surface area (Å²) in [5.74, 6) is -0.0491. The minimum absolute atomic E-state index is 0.0134. The van der Waals surface area contributed by atoms with Crippen LogP contribution in [0.3, 0.4) is 0 Å². The highest BCUT2D eigenvalue weighted by atomic mass is 16.5. The van der Waals surface area contributed by atoms with E-state index in [4.69, 9.17) is 4.74 Å². The predicted octanol–water partition coefficient (Wildman–Crippen LogP) is 22.1. The normalized spacial score (nSPS) is 12.6. The number of hydrogen-bond acceptors (Lipinski definition) is 5. The van der Waals surface area contributed by atoms with Gasteiger partial charge >= 0.3 is 5.97 Å². The van der Waals surface area contributed by atoms with Gasteiger partial charge in [0.25, 0.3) is 0 Å². The summed E-state index contributed by atoms with van der Waals surface area (Å²) in [5, 5.41) is 23.1. The summed E-state index contributed by atoms with van der Waals surface area (Å²) in [6.07, 6.45) is 82.7. The number of aliphatic hydroxyl groups is 2. The fraction of sp³-hybridized carbons (Fsp3) is 0.914. The monoisotopic (exact) mass is 1070 g/mol. The standard InChI is InChI=1S/C70H135NO5/c1-3-5-7-9-11-13-15-17-36-40-44-48-52-56-60-64-70(75)76-65-61-57-53-49-45-41-38-35-33-31-29-27-25-23-21-19-18-20-22-24-26-28-30-32-34-37-39-43-47-51-55-59-63-69(74)71-67(66-72)68(73)62-58-54-50-46-42-16-14-12-10-8-6-4-2/h17,36,58,62,67-68,72-73H,3-16,18-35,37-57,59-61,63-66H2,1-2H3,(H,71,74)/b36-17-,62-58+. The molecular weight excluding hydrogens is 935 g/mol. The first-order chi connectivity index (χ1) is 37.5. The number of allylic oxidation sites excluding steroid dienone is 3. The number of ether oxygens (including phenoxy) is 1. The SMILES string of the molecule is CCCCCCCC/C=C\CCCCCCCC(=O)OCCCCCCCCCCCCCCCCCCCCCCCCCCCCCCCCCCC(=O)NC(CO)C(O)/C=C/CCCCCCCCCCCC. The van der Waals surface area contributed by atoms with Gasteiger partial charge in [-0.05, 0) is 57.8 Å². The maximum atomic E-state index is 12.5. The molecule has 0 aliphatic carbocycles. The second kappa shape index (κ2) is 65.9. The molecule has 6 nitrogen and oxygen atoms in total. The Labute approximate surface area is 475 Å². The zero-order chi connectivity index (χ0) is 55.0. The number of amides is 1. The fourth-order valence-corrected chi connectivity index (χ4v) is 10.9. The molecule has 76 heavy (non-hydrogen) atoms. The summed E-state index contributed by atoms with van der Waals surface area (Å²) < 4.78 is 5.49. The van der Waals surface area contributed by atoms with E-state index in [1.165, 1.54) is 315 Å². The molecule has 0 saturated carbocycles. The number of carbonyl (C=O) groups is 2. The maximum absolute atomic E-state index is 12.5. The molecule has 6 heteroatoms. The first-order valence-corrected chi connectivity index (χ1v) is 34.6. The van der Waals surface area contributed by atoms with Crippen LogP contribution in [-0.2, 0) is 14.3 Å². The molecule has 3 N–H and O–H groups in total. The Morgan fingerprint density at radius 3 is 0.934 bits per heavy atom. The van der Waals surface area contributed by atoms with Crippen LogP contribution in [0.2, 0.25) is 0 Å². The third-order valence-electron chi connectivity index (χ3n) is 16.2. The number of hydrogen-bond donors (Lipinski definition) is 3. The molecule has 0 aliphatic heterocycles. The van der Waals surface area contributed by atoms with Crippen LogP contribution >= 0.6 is 0 Å². The molecule has 0 heterocycles. The number of aliphatic hydroxyl groups excluding tert-OH is 2. The van der Waals surface area contributed by atoms with Crippen molar-refractivity contribution in [3.05, 3.63) is 24.3 Å². The highest BCUT2D eigenvalue weighted by molar-refractivity contribution is 5.76. The minimum atomic E-state index is -0.840. The smallest absolute Gasteiger partial charge is 0.305 e. The number of esters is 1. The molecule has 0 aromatic heterocycles. The van der Waals surface area contributed by atoms with Crippen LogP contribution in [0.5, 0.6) is 0 Å². The lowest BCUT2D eigenvalue weighted by molar-refractivity contribution is -0.143. The van der Waals surface area contributed by atoms with Crippen molar-refractivity contribution >= 4 is 11.9 Å². The summed E-state index contributed by atoms with van der Waals surface area (Å²) in [5.41, 5.74) is 0. The van der Waals surface area contributed by atoms with Gasteiger partial charge in [0.05, 0.1) is 25.4 Å². The molecule has 0 radical (unpaired) electrons. The maximum Gasteiger partial charge on any atom is 0.305 e. The average Bonchev–Trinajstić information content (AvgIpc) is 3.42. The van der Waals surface area contributed by atoms with Gasteiger partial charge in [-0.2, -0.15) is 0 Å². The van der Waals surface area contributed by atoms with Gasteiger partial charge in [-0.15, -0.1) is 0 Å². The van der Waals surface area contributed by atoms with Crippen molar-refractivity contribution < 1.29 is 24.5 Å². The van der Waals surface area contributed by atoms with Crippen molar-refractivity contribution in [1.82, 2.24) is 5.32 Å². The lowest BCUT2D eigenvalue weighted by Gasteiger charge is -2.20. The average molecular weight is 1070 g/mol. The summed E-state index contributed by atoms with van der Waals surface area (Å²) >= 11 is 0. The molecule has 2 unspecified atom stereocenters. The minimum Gasteiger partial charge on any atom is -0.466 e. The summed E-state index contributed by atoms with van der Waals surface area (Å²) in [7, 11) is 0. The Morgan fingerprint density at radius 2 is 0.618 bits per heavy atom. The Bertz CT molecular complexity index is 1190. The molecule has 0 aliphatic rings. The second-order valence-corrected chi connectivity index (χ2v) is 23.9. The number of carbonyl (C=O) groups excluding carboxylic acids is 2. The van der Waals surface area contributed by atoms with Crippen LogP contribution in [0.4, 0.5) is 0 Å². The first kappa shape index (κ1) is 74.3. The van der Waals surface area contributed by atoms with Gasteiger partial charge in [0.1, 0.15) is 0 Å². The quantitative estimate of drug-likeness (QED) is 0.0320. The van der Waals surface area contributed by atoms with E-state index in [1.807, 2.05) is 6.08 Å². The van der Waals surface area contributed by atoms with Gasteiger partial charge in [0.2, 0.25) is 5.91 Å². The molecular formula is C70H135NO5. The molecule has 0 bridgehead atoms. The third kappa shape index (κ3) is 61.6. The van der Waals surface area contributed by atoms with Gasteiger partial charge in [0, 0.05) is 12.8 Å². The van der Waals surface area contributed by atoms with Gasteiger partial charge < -0.3 is 20.3 Å². The summed E-state index contributed by atoms with van der Waals surface area (Å²) in [6.45, 7) is 4.92. The Kier molecular flexibility index (Phi) is 64.4. The molecule has 0 fully saturated rings. The van der Waals surface area contributed by atoms with Crippen molar-refractivity contribution in [2.24, 2.45) is 0 Å². The molecule has 2 atom stereocenters. The van der Waals surface area contributed by atoms with E-state index in [0.717, 1.165) is 44.9 Å². The van der Waals surface area contributed by atoms with Crippen LogP contribution in [0, 0.1) is 0 Å². The van der Waals surface area contributed by atoms with Crippen molar-refractivity contribution in [3.8, 4) is 0 Å². The third-order valence-corrected chi connectivity index (χ3v) is 16.2. The lowest BCUT2D eigenvalue weighted by Crippen LogP contribution is -2.45. The zero-order valence-corrected chi connectivity index (χ0v) is 51.5. The highest BCUT2D eigenvalue weighted by Gasteiger charge is 2.18. The molecule has 0 aromatic rings. The largest absolute Gasteiger partial charge is 0.466 e. The van der Waals surface area contributed by atoms with Crippen molar-refractivity contribution in [2.45, 2.75) is 398 Å². The van der Waals surface area contributed by atoms with Crippen molar-refractivity contribution in [1.29, 1.82) is 0 Å². The van der Waals surface area contributed by atoms with E-state index < -0.39 is 12.1 Å². The second-order valence-electron chi connectivity index (χ2n) is 23.9. The van der Waals surface area contributed by atoms with Gasteiger partial charge in [-0.3, -0.25) is 9.59 Å². The number of nitrogens with one attached hydrogen (secondary N) is 1. The summed E-state index contributed by atoms with van der Waals surface area (Å²) in [4.78, 5) is 24.5. The predicted molar refractivity (Wildman–Crippen MR) is 333 cm³/mol. The van der Waals surface area contributed by atoms with Crippen LogP contribution in [0.1, 0.15) is 386 Å². The molecule has 0 rings (SSSR count). The Morgan fingerprint density at radius 1 is 0.355 bits per heavy atom. The Balaban J connectivity index is 3.31. The zero-order valence-electron chi connectivity index (χ0n) is 51.5. The van der Waals surface area contributed by atoms with E-state index in [9.17, 15) is 19.8 Å². The summed E-state index contributed by atoms with van der Waals surface area (Å²) in [6, 6.07) is -0.623. The molecule has 1 amide bonds. The number of rotatable bonds is 65. The van der Waals surface area contributed by atoms with Crippen LogP contribution in [0.15, 0.2) is 24.3 Å². The molecule has 0 aromatic carbocycles. The van der Waals surface area contributed by atoms with Crippen molar-refractivity contribution in [3.63, 3.8) is 0 Å². The van der Waals surface area contributed by atoms with Crippen LogP contribution in [-0.4, -0.2) is 47.4 Å². The van der Waals surface area contributed by atoms with Gasteiger partial charge in [-0.25, -0.2) is 0 Å². The lowest BCUT2D eigenvalue weighted by atomic mass is 10.0. The van der Waals surface area contributed by atoms with Crippen LogP contribution < -0.4 is 5.32 Å². The van der Waals surface area contributed by atoms with E-state index in [1.54, 1.807) is 6.08 Å². The van der Waals surface area contributed by atoms with E-state index in [0.29, 0.717) is 19.4 Å². The van der Waals surface area contributed by atoms with Gasteiger partial charge in [-0.1, -0.05) is 340 Å². The van der Waals surface area contributed by atoms with E-state index >= 15 is 0 Å². The molecule has 450 valence electrons. The fourth-order valence-electron chi connectivity index (χ4n) is 10.9. The van der Waals surface area contributed by atoms with Gasteiger partial charge in [0.15, 0.2) is 0 Å².